The fourth-order valence-corrected chi connectivity index (χ4v) is 1.05. The minimum absolute atomic E-state index is 0.121. The molecule has 1 aromatic rings. The monoisotopic (exact) mass is 190 g/mol. The van der Waals surface area contributed by atoms with Gasteiger partial charge in [-0.25, -0.2) is 4.79 Å². The maximum Gasteiger partial charge on any atom is 0.167 e. The molecule has 1 aromatic carbocycles. The van der Waals surface area contributed by atoms with Crippen LogP contribution < -0.4 is 0 Å². The molecule has 1 rings (SSSR count). The van der Waals surface area contributed by atoms with Gasteiger partial charge in [0.1, 0.15) is 11.7 Å². The first-order chi connectivity index (χ1) is 6.63. The number of Topliss-reactive ketones (excluding diaryl/α,β-unsaturated/α-hetero) is 1. The lowest BCUT2D eigenvalue weighted by molar-refractivity contribution is -0.113. The van der Waals surface area contributed by atoms with Crippen LogP contribution in [0.1, 0.15) is 12.5 Å². The average Bonchev–Trinajstić information content (AvgIpc) is 2.16. The predicted octanol–water partition coefficient (Wildman–Crippen LogP) is 1.28. The van der Waals surface area contributed by atoms with Crippen molar-refractivity contribution in [1.29, 1.82) is 0 Å². The van der Waals surface area contributed by atoms with Gasteiger partial charge in [-0.1, -0.05) is 12.1 Å². The smallest absolute Gasteiger partial charge is 0.167 e. The number of ketones is 1. The second-order valence-electron chi connectivity index (χ2n) is 2.98. The van der Waals surface area contributed by atoms with Crippen LogP contribution in [-0.4, -0.2) is 16.8 Å². The van der Waals surface area contributed by atoms with Crippen LogP contribution in [0.5, 0.6) is 5.75 Å². The van der Waals surface area contributed by atoms with Gasteiger partial charge in [0.25, 0.3) is 0 Å². The molecule has 0 aliphatic heterocycles. The van der Waals surface area contributed by atoms with Gasteiger partial charge in [-0.2, -0.15) is 0 Å². The largest absolute Gasteiger partial charge is 0.508 e. The number of benzene rings is 1. The zero-order valence-corrected chi connectivity index (χ0v) is 7.78. The molecular weight excluding hydrogens is 180 g/mol. The van der Waals surface area contributed by atoms with E-state index >= 15 is 0 Å². The summed E-state index contributed by atoms with van der Waals surface area (Å²) < 4.78 is 0. The van der Waals surface area contributed by atoms with E-state index in [1.165, 1.54) is 19.1 Å². The molecule has 0 bridgehead atoms. The van der Waals surface area contributed by atoms with Crippen LogP contribution in [0.15, 0.2) is 29.8 Å². The summed E-state index contributed by atoms with van der Waals surface area (Å²) in [5, 5.41) is 9.01. The number of hydrogen-bond donors (Lipinski definition) is 1. The fraction of sp³-hybridized carbons (Fsp3) is 0.182. The standard InChI is InChI=1S/C11H10O3/c1-8(13)10(7-12)6-9-2-4-11(14)5-3-9/h2-5,14H,6H2,1H3. The number of carbonyl (C=O) groups is 1. The SMILES string of the molecule is CC(=O)C(=C=O)Cc1ccc(O)cc1. The Bertz CT molecular complexity index is 383. The van der Waals surface area contributed by atoms with Gasteiger partial charge in [0.05, 0.1) is 5.57 Å². The maximum atomic E-state index is 10.9. The predicted molar refractivity (Wildman–Crippen MR) is 51.7 cm³/mol. The average molecular weight is 190 g/mol. The van der Waals surface area contributed by atoms with Crippen molar-refractivity contribution in [2.75, 3.05) is 0 Å². The molecule has 0 heterocycles. The van der Waals surface area contributed by atoms with Crippen LogP contribution in [-0.2, 0) is 16.0 Å². The minimum Gasteiger partial charge on any atom is -0.508 e. The van der Waals surface area contributed by atoms with Crippen molar-refractivity contribution in [2.45, 2.75) is 13.3 Å². The highest BCUT2D eigenvalue weighted by Crippen LogP contribution is 2.12. The van der Waals surface area contributed by atoms with Crippen LogP contribution in [0.25, 0.3) is 0 Å². The number of phenolic OH excluding ortho intramolecular Hbond substituents is 1. The summed E-state index contributed by atoms with van der Waals surface area (Å²) in [7, 11) is 0. The first-order valence-corrected chi connectivity index (χ1v) is 4.16. The van der Waals surface area contributed by atoms with Crippen LogP contribution >= 0.6 is 0 Å². The van der Waals surface area contributed by atoms with E-state index in [1.54, 1.807) is 18.1 Å². The molecule has 0 aliphatic rings. The normalized spacial score (nSPS) is 9.21. The van der Waals surface area contributed by atoms with Crippen molar-refractivity contribution in [3.05, 3.63) is 35.4 Å². The third-order valence-corrected chi connectivity index (χ3v) is 1.87. The van der Waals surface area contributed by atoms with Crippen molar-refractivity contribution in [1.82, 2.24) is 0 Å². The first kappa shape index (κ1) is 10.2. The molecule has 0 spiro atoms. The molecule has 3 nitrogen and oxygen atoms in total. The van der Waals surface area contributed by atoms with Crippen LogP contribution in [0, 0.1) is 0 Å². The van der Waals surface area contributed by atoms with E-state index in [0.29, 0.717) is 0 Å². The first-order valence-electron chi connectivity index (χ1n) is 4.16. The van der Waals surface area contributed by atoms with Crippen molar-refractivity contribution in [3.8, 4) is 5.75 Å². The molecule has 0 saturated heterocycles. The second-order valence-corrected chi connectivity index (χ2v) is 2.98. The highest BCUT2D eigenvalue weighted by Gasteiger charge is 2.05. The molecule has 72 valence electrons. The maximum absolute atomic E-state index is 10.9. The van der Waals surface area contributed by atoms with E-state index in [1.807, 2.05) is 0 Å². The lowest BCUT2D eigenvalue weighted by Crippen LogP contribution is -2.01. The van der Waals surface area contributed by atoms with E-state index in [4.69, 9.17) is 5.11 Å². The number of hydrogen-bond acceptors (Lipinski definition) is 3. The molecule has 0 radical (unpaired) electrons. The molecule has 0 aliphatic carbocycles. The third-order valence-electron chi connectivity index (χ3n) is 1.87. The minimum atomic E-state index is -0.270. The summed E-state index contributed by atoms with van der Waals surface area (Å²) >= 11 is 0. The topological polar surface area (TPSA) is 54.4 Å². The molecule has 3 heteroatoms. The van der Waals surface area contributed by atoms with Gasteiger partial charge in [0, 0.05) is 6.42 Å². The van der Waals surface area contributed by atoms with Gasteiger partial charge >= 0.3 is 0 Å². The molecule has 0 unspecified atom stereocenters. The summed E-state index contributed by atoms with van der Waals surface area (Å²) in [6.07, 6.45) is 0.263. The van der Waals surface area contributed by atoms with E-state index in [0.717, 1.165) is 5.56 Å². The molecule has 1 N–H and O–H groups in total. The van der Waals surface area contributed by atoms with Crippen molar-refractivity contribution >= 4 is 11.7 Å². The zero-order chi connectivity index (χ0) is 10.6. The Morgan fingerprint density at radius 1 is 1.36 bits per heavy atom. The quantitative estimate of drug-likeness (QED) is 0.577. The molecule has 0 atom stereocenters. The lowest BCUT2D eigenvalue weighted by atomic mass is 10.0. The molecule has 0 aromatic heterocycles. The molecule has 0 amide bonds. The van der Waals surface area contributed by atoms with E-state index < -0.39 is 0 Å². The van der Waals surface area contributed by atoms with Gasteiger partial charge in [-0.05, 0) is 24.6 Å². The van der Waals surface area contributed by atoms with Gasteiger partial charge in [-0.15, -0.1) is 0 Å². The number of allylic oxidation sites excluding steroid dienone is 1. The van der Waals surface area contributed by atoms with E-state index in [2.05, 4.69) is 0 Å². The molecule has 14 heavy (non-hydrogen) atoms. The van der Waals surface area contributed by atoms with Gasteiger partial charge in [-0.3, -0.25) is 4.79 Å². The summed E-state index contributed by atoms with van der Waals surface area (Å²) in [4.78, 5) is 21.3. The highest BCUT2D eigenvalue weighted by molar-refractivity contribution is 6.00. The molecule has 0 fully saturated rings. The Morgan fingerprint density at radius 2 is 1.93 bits per heavy atom. The second kappa shape index (κ2) is 4.40. The number of rotatable bonds is 3. The van der Waals surface area contributed by atoms with Crippen molar-refractivity contribution in [3.63, 3.8) is 0 Å². The summed E-state index contributed by atoms with van der Waals surface area (Å²) in [6.45, 7) is 1.33. The van der Waals surface area contributed by atoms with Crippen LogP contribution in [0.2, 0.25) is 0 Å². The summed E-state index contributed by atoms with van der Waals surface area (Å²) in [5.74, 6) is 1.51. The lowest BCUT2D eigenvalue weighted by Gasteiger charge is -1.99. The zero-order valence-electron chi connectivity index (χ0n) is 7.78. The Kier molecular flexibility index (Phi) is 3.21. The van der Waals surface area contributed by atoms with E-state index in [9.17, 15) is 9.59 Å². The Hall–Kier alpha value is -1.86. The Labute approximate surface area is 81.7 Å². The molecule has 0 saturated carbocycles. The molecular formula is C11H10O3. The Balaban J connectivity index is 2.83. The summed E-state index contributed by atoms with van der Waals surface area (Å²) in [5.41, 5.74) is 0.923. The number of carbonyl (C=O) groups excluding carboxylic acids is 2. The van der Waals surface area contributed by atoms with Crippen LogP contribution in [0.4, 0.5) is 0 Å². The third kappa shape index (κ3) is 2.57. The highest BCUT2D eigenvalue weighted by atomic mass is 16.3. The summed E-state index contributed by atoms with van der Waals surface area (Å²) in [6, 6.07) is 6.35. The number of phenols is 1. The Morgan fingerprint density at radius 3 is 2.36 bits per heavy atom. The van der Waals surface area contributed by atoms with Gasteiger partial charge in [0.2, 0.25) is 0 Å². The van der Waals surface area contributed by atoms with Crippen molar-refractivity contribution < 1.29 is 14.7 Å². The van der Waals surface area contributed by atoms with Crippen molar-refractivity contribution in [2.24, 2.45) is 0 Å². The fourth-order valence-electron chi connectivity index (χ4n) is 1.05. The van der Waals surface area contributed by atoms with E-state index in [-0.39, 0.29) is 23.5 Å². The number of aromatic hydroxyl groups is 1. The van der Waals surface area contributed by atoms with Gasteiger partial charge < -0.3 is 5.11 Å². The van der Waals surface area contributed by atoms with Gasteiger partial charge in [0.15, 0.2) is 5.78 Å². The van der Waals surface area contributed by atoms with Crippen LogP contribution in [0.3, 0.4) is 0 Å².